The maximum atomic E-state index is 13.0. The molecule has 0 unspecified atom stereocenters. The van der Waals surface area contributed by atoms with Gasteiger partial charge in [-0.3, -0.25) is 14.9 Å². The third-order valence-corrected chi connectivity index (χ3v) is 5.72. The second-order valence-electron chi connectivity index (χ2n) is 7.27. The number of para-hydroxylation sites is 1. The summed E-state index contributed by atoms with van der Waals surface area (Å²) in [5, 5.41) is 17.3. The number of hydrogen-bond donors (Lipinski definition) is 1. The molecule has 1 atom stereocenters. The van der Waals surface area contributed by atoms with Crippen LogP contribution in [0.25, 0.3) is 16.3 Å². The molecule has 0 aromatic heterocycles. The first-order valence-corrected chi connectivity index (χ1v) is 9.43. The minimum Gasteiger partial charge on any atom is -0.373 e. The molecule has 1 N–H and O–H groups in total. The van der Waals surface area contributed by atoms with Gasteiger partial charge in [-0.05, 0) is 41.3 Å². The van der Waals surface area contributed by atoms with Crippen LogP contribution in [0.2, 0.25) is 0 Å². The maximum absolute atomic E-state index is 13.0. The van der Waals surface area contributed by atoms with Gasteiger partial charge >= 0.3 is 0 Å². The van der Waals surface area contributed by atoms with E-state index in [9.17, 15) is 14.9 Å². The molecular weight excluding hydrogens is 352 g/mol. The van der Waals surface area contributed by atoms with Crippen LogP contribution in [-0.4, -0.2) is 10.7 Å². The van der Waals surface area contributed by atoms with Gasteiger partial charge in [-0.1, -0.05) is 42.5 Å². The first-order chi connectivity index (χ1) is 13.6. The highest BCUT2D eigenvalue weighted by Crippen LogP contribution is 2.49. The van der Waals surface area contributed by atoms with Crippen molar-refractivity contribution in [2.45, 2.75) is 25.3 Å². The number of nitro benzene ring substituents is 1. The molecule has 0 radical (unpaired) electrons. The molecule has 5 nitrogen and oxygen atoms in total. The standard InChI is InChI=1S/C23H18N2O3/c26-20-11-5-9-17-21-15-7-2-1-6-14(15)12-13-18(21)24-23(22(17)20)16-8-3-4-10-19(16)25(27)28/h1-4,6-8,10,12-13,23-24H,5,9,11H2/t23-/m0/s1. The highest BCUT2D eigenvalue weighted by molar-refractivity contribution is 6.12. The van der Waals surface area contributed by atoms with E-state index in [-0.39, 0.29) is 16.4 Å². The van der Waals surface area contributed by atoms with Gasteiger partial charge in [-0.25, -0.2) is 0 Å². The van der Waals surface area contributed by atoms with Crippen molar-refractivity contribution in [3.05, 3.63) is 87.5 Å². The first-order valence-electron chi connectivity index (χ1n) is 9.43. The number of Topliss-reactive ketones (excluding diaryl/α,β-unsaturated/α-hetero) is 1. The van der Waals surface area contributed by atoms with Crippen molar-refractivity contribution in [3.8, 4) is 0 Å². The number of nitro groups is 1. The summed E-state index contributed by atoms with van der Waals surface area (Å²) < 4.78 is 0. The Bertz CT molecular complexity index is 1180. The average molecular weight is 370 g/mol. The lowest BCUT2D eigenvalue weighted by Gasteiger charge is -2.34. The summed E-state index contributed by atoms with van der Waals surface area (Å²) in [6.45, 7) is 0. The molecule has 3 aromatic carbocycles. The number of ketones is 1. The number of anilines is 1. The summed E-state index contributed by atoms with van der Waals surface area (Å²) in [6, 6.07) is 18.4. The minimum absolute atomic E-state index is 0.0365. The van der Waals surface area contributed by atoms with Gasteiger partial charge in [0, 0.05) is 29.3 Å². The highest BCUT2D eigenvalue weighted by Gasteiger charge is 2.37. The van der Waals surface area contributed by atoms with E-state index in [0.29, 0.717) is 17.6 Å². The predicted molar refractivity (Wildman–Crippen MR) is 109 cm³/mol. The summed E-state index contributed by atoms with van der Waals surface area (Å²) >= 11 is 0. The number of benzene rings is 3. The van der Waals surface area contributed by atoms with Gasteiger partial charge in [0.2, 0.25) is 0 Å². The lowest BCUT2D eigenvalue weighted by molar-refractivity contribution is -0.385. The van der Waals surface area contributed by atoms with Gasteiger partial charge in [0.15, 0.2) is 5.78 Å². The molecule has 138 valence electrons. The van der Waals surface area contributed by atoms with Gasteiger partial charge in [0.1, 0.15) is 0 Å². The third-order valence-electron chi connectivity index (χ3n) is 5.72. The predicted octanol–water partition coefficient (Wildman–Crippen LogP) is 5.42. The largest absolute Gasteiger partial charge is 0.373 e. The van der Waals surface area contributed by atoms with Crippen LogP contribution in [-0.2, 0) is 4.79 Å². The molecule has 0 amide bonds. The molecule has 0 saturated carbocycles. The number of nitrogens with zero attached hydrogens (tertiary/aromatic N) is 1. The van der Waals surface area contributed by atoms with Crippen LogP contribution in [0.5, 0.6) is 0 Å². The van der Waals surface area contributed by atoms with E-state index < -0.39 is 6.04 Å². The number of fused-ring (bicyclic) bond motifs is 4. The Morgan fingerprint density at radius 2 is 1.75 bits per heavy atom. The van der Waals surface area contributed by atoms with E-state index >= 15 is 0 Å². The van der Waals surface area contributed by atoms with Crippen molar-refractivity contribution in [3.63, 3.8) is 0 Å². The van der Waals surface area contributed by atoms with Crippen molar-refractivity contribution in [2.75, 3.05) is 5.32 Å². The first kappa shape index (κ1) is 16.7. The summed E-state index contributed by atoms with van der Waals surface area (Å²) in [6.07, 6.45) is 2.10. The molecule has 5 rings (SSSR count). The quantitative estimate of drug-likeness (QED) is 0.483. The molecule has 0 spiro atoms. The molecule has 3 aromatic rings. The number of nitrogens with one attached hydrogen (secondary N) is 1. The van der Waals surface area contributed by atoms with Gasteiger partial charge in [0.25, 0.3) is 5.69 Å². The topological polar surface area (TPSA) is 72.2 Å². The molecular formula is C23H18N2O3. The second kappa shape index (κ2) is 6.30. The monoisotopic (exact) mass is 370 g/mol. The van der Waals surface area contributed by atoms with Crippen molar-refractivity contribution < 1.29 is 9.72 Å². The third kappa shape index (κ3) is 2.43. The molecule has 28 heavy (non-hydrogen) atoms. The van der Waals surface area contributed by atoms with Crippen molar-refractivity contribution in [2.24, 2.45) is 0 Å². The maximum Gasteiger partial charge on any atom is 0.275 e. The Balaban J connectivity index is 1.80. The summed E-state index contributed by atoms with van der Waals surface area (Å²) in [5.74, 6) is 0.0792. The van der Waals surface area contributed by atoms with E-state index in [1.54, 1.807) is 18.2 Å². The molecule has 5 heteroatoms. The molecule has 0 saturated heterocycles. The fraction of sp³-hybridized carbons (Fsp3) is 0.174. The zero-order chi connectivity index (χ0) is 19.3. The van der Waals surface area contributed by atoms with Crippen LogP contribution in [0.3, 0.4) is 0 Å². The van der Waals surface area contributed by atoms with E-state index in [1.807, 2.05) is 24.3 Å². The SMILES string of the molecule is O=C1CCCC2=C1[C@H](c1ccccc1[N+](=O)[O-])Nc1ccc3ccccc3c12. The second-order valence-corrected chi connectivity index (χ2v) is 7.27. The number of carbonyl (C=O) groups excluding carboxylic acids is 1. The lowest BCUT2D eigenvalue weighted by atomic mass is 9.76. The molecule has 0 bridgehead atoms. The minimum atomic E-state index is -0.502. The van der Waals surface area contributed by atoms with E-state index in [2.05, 4.69) is 17.4 Å². The van der Waals surface area contributed by atoms with Crippen molar-refractivity contribution in [1.29, 1.82) is 0 Å². The normalized spacial score (nSPS) is 18.4. The van der Waals surface area contributed by atoms with Gasteiger partial charge in [-0.2, -0.15) is 0 Å². The van der Waals surface area contributed by atoms with Crippen LogP contribution in [0.15, 0.2) is 66.2 Å². The Morgan fingerprint density at radius 1 is 0.964 bits per heavy atom. The molecule has 1 aliphatic heterocycles. The van der Waals surface area contributed by atoms with Crippen molar-refractivity contribution >= 4 is 33.5 Å². The fourth-order valence-corrected chi connectivity index (χ4v) is 4.53. The summed E-state index contributed by atoms with van der Waals surface area (Å²) in [5.41, 5.74) is 4.28. The molecule has 1 aliphatic carbocycles. The number of carbonyl (C=O) groups is 1. The van der Waals surface area contributed by atoms with Crippen LogP contribution in [0.4, 0.5) is 11.4 Å². The molecule has 2 aliphatic rings. The number of allylic oxidation sites excluding steroid dienone is 1. The van der Waals surface area contributed by atoms with Crippen LogP contribution < -0.4 is 5.32 Å². The van der Waals surface area contributed by atoms with E-state index in [0.717, 1.165) is 40.4 Å². The van der Waals surface area contributed by atoms with Gasteiger partial charge in [0.05, 0.1) is 16.5 Å². The van der Waals surface area contributed by atoms with Crippen LogP contribution in [0, 0.1) is 10.1 Å². The lowest BCUT2D eigenvalue weighted by Crippen LogP contribution is -2.27. The smallest absolute Gasteiger partial charge is 0.275 e. The average Bonchev–Trinajstić information content (AvgIpc) is 2.73. The van der Waals surface area contributed by atoms with Gasteiger partial charge in [-0.15, -0.1) is 0 Å². The molecule has 1 heterocycles. The Kier molecular flexibility index (Phi) is 3.76. The Hall–Kier alpha value is -3.47. The van der Waals surface area contributed by atoms with Crippen molar-refractivity contribution in [1.82, 2.24) is 0 Å². The number of rotatable bonds is 2. The van der Waals surface area contributed by atoms with E-state index in [1.165, 1.54) is 6.07 Å². The Labute approximate surface area is 161 Å². The number of hydrogen-bond acceptors (Lipinski definition) is 4. The van der Waals surface area contributed by atoms with Gasteiger partial charge < -0.3 is 5.32 Å². The zero-order valence-corrected chi connectivity index (χ0v) is 15.1. The van der Waals surface area contributed by atoms with Crippen LogP contribution in [0.1, 0.15) is 36.4 Å². The molecule has 0 fully saturated rings. The summed E-state index contributed by atoms with van der Waals surface area (Å²) in [4.78, 5) is 24.2. The highest BCUT2D eigenvalue weighted by atomic mass is 16.6. The summed E-state index contributed by atoms with van der Waals surface area (Å²) in [7, 11) is 0. The zero-order valence-electron chi connectivity index (χ0n) is 15.1. The fourth-order valence-electron chi connectivity index (χ4n) is 4.53. The van der Waals surface area contributed by atoms with E-state index in [4.69, 9.17) is 0 Å². The Morgan fingerprint density at radius 3 is 2.61 bits per heavy atom. The van der Waals surface area contributed by atoms with Crippen LogP contribution >= 0.6 is 0 Å².